The third-order valence-electron chi connectivity index (χ3n) is 3.82. The molecule has 0 bridgehead atoms. The first-order chi connectivity index (χ1) is 14.1. The van der Waals surface area contributed by atoms with Gasteiger partial charge in [0.25, 0.3) is 0 Å². The second kappa shape index (κ2) is 10.5. The van der Waals surface area contributed by atoms with Gasteiger partial charge in [0.15, 0.2) is 12.4 Å². The number of ether oxygens (including phenoxy) is 2. The summed E-state index contributed by atoms with van der Waals surface area (Å²) in [5, 5.41) is 1.04. The molecule has 2 rings (SSSR count). The SMILES string of the molecule is CC(=O)N(CC(=O)c1ccc(OCC(=O)OC(C)(C)C)cc1)OCc1ccccc1. The van der Waals surface area contributed by atoms with Crippen LogP contribution in [0.5, 0.6) is 5.75 Å². The molecule has 7 heteroatoms. The fourth-order valence-electron chi connectivity index (χ4n) is 2.45. The molecule has 0 radical (unpaired) electrons. The number of hydroxylamine groups is 2. The number of amides is 1. The third-order valence-corrected chi connectivity index (χ3v) is 3.82. The molecule has 0 N–H and O–H groups in total. The maximum absolute atomic E-state index is 12.5. The summed E-state index contributed by atoms with van der Waals surface area (Å²) >= 11 is 0. The van der Waals surface area contributed by atoms with E-state index >= 15 is 0 Å². The molecule has 0 atom stereocenters. The lowest BCUT2D eigenvalue weighted by Gasteiger charge is -2.20. The van der Waals surface area contributed by atoms with Crippen molar-refractivity contribution in [2.24, 2.45) is 0 Å². The van der Waals surface area contributed by atoms with Crippen LogP contribution < -0.4 is 4.74 Å². The van der Waals surface area contributed by atoms with Gasteiger partial charge >= 0.3 is 5.97 Å². The molecule has 160 valence electrons. The number of hydrogen-bond acceptors (Lipinski definition) is 6. The van der Waals surface area contributed by atoms with Gasteiger partial charge in [-0.25, -0.2) is 9.86 Å². The topological polar surface area (TPSA) is 82.1 Å². The van der Waals surface area contributed by atoms with Crippen molar-refractivity contribution in [2.45, 2.75) is 39.9 Å². The molecule has 1 amide bonds. The Morgan fingerprint density at radius 2 is 1.57 bits per heavy atom. The summed E-state index contributed by atoms with van der Waals surface area (Å²) in [6.07, 6.45) is 0. The highest BCUT2D eigenvalue weighted by molar-refractivity contribution is 5.99. The van der Waals surface area contributed by atoms with Crippen LogP contribution in [0.2, 0.25) is 0 Å². The Labute approximate surface area is 176 Å². The van der Waals surface area contributed by atoms with Crippen molar-refractivity contribution < 1.29 is 28.7 Å². The molecule has 0 aliphatic carbocycles. The van der Waals surface area contributed by atoms with Crippen LogP contribution >= 0.6 is 0 Å². The molecule has 30 heavy (non-hydrogen) atoms. The fraction of sp³-hybridized carbons (Fsp3) is 0.348. The van der Waals surface area contributed by atoms with E-state index in [-0.39, 0.29) is 31.4 Å². The first-order valence-corrected chi connectivity index (χ1v) is 9.57. The second-order valence-electron chi connectivity index (χ2n) is 7.64. The van der Waals surface area contributed by atoms with E-state index in [4.69, 9.17) is 14.3 Å². The summed E-state index contributed by atoms with van der Waals surface area (Å²) in [5.41, 5.74) is 0.707. The van der Waals surface area contributed by atoms with Gasteiger partial charge in [0.2, 0.25) is 5.91 Å². The molecule has 0 saturated carbocycles. The van der Waals surface area contributed by atoms with E-state index in [1.54, 1.807) is 45.0 Å². The predicted molar refractivity (Wildman–Crippen MR) is 111 cm³/mol. The number of Topliss-reactive ketones (excluding diaryl/α,β-unsaturated/α-hetero) is 1. The van der Waals surface area contributed by atoms with E-state index in [1.807, 2.05) is 30.3 Å². The van der Waals surface area contributed by atoms with Crippen molar-refractivity contribution in [2.75, 3.05) is 13.2 Å². The minimum atomic E-state index is -0.581. The number of esters is 1. The maximum Gasteiger partial charge on any atom is 0.344 e. The van der Waals surface area contributed by atoms with Gasteiger partial charge in [-0.05, 0) is 50.6 Å². The smallest absolute Gasteiger partial charge is 0.344 e. The molecule has 2 aromatic carbocycles. The molecule has 7 nitrogen and oxygen atoms in total. The van der Waals surface area contributed by atoms with Gasteiger partial charge in [-0.2, -0.15) is 0 Å². The number of carbonyl (C=O) groups excluding carboxylic acids is 3. The lowest BCUT2D eigenvalue weighted by atomic mass is 10.1. The summed E-state index contributed by atoms with van der Waals surface area (Å²) < 4.78 is 10.6. The number of nitrogens with zero attached hydrogens (tertiary/aromatic N) is 1. The Morgan fingerprint density at radius 3 is 2.13 bits per heavy atom. The highest BCUT2D eigenvalue weighted by Crippen LogP contribution is 2.14. The van der Waals surface area contributed by atoms with Crippen LogP contribution in [0.25, 0.3) is 0 Å². The van der Waals surface area contributed by atoms with Gasteiger partial charge in [0, 0.05) is 12.5 Å². The molecule has 0 fully saturated rings. The van der Waals surface area contributed by atoms with E-state index in [2.05, 4.69) is 0 Å². The fourth-order valence-corrected chi connectivity index (χ4v) is 2.45. The van der Waals surface area contributed by atoms with Crippen molar-refractivity contribution in [1.82, 2.24) is 5.06 Å². The molecule has 0 spiro atoms. The van der Waals surface area contributed by atoms with E-state index in [0.717, 1.165) is 10.6 Å². The van der Waals surface area contributed by atoms with Gasteiger partial charge in [0.1, 0.15) is 24.5 Å². The van der Waals surface area contributed by atoms with Crippen molar-refractivity contribution in [3.63, 3.8) is 0 Å². The molecule has 0 aromatic heterocycles. The van der Waals surface area contributed by atoms with Crippen molar-refractivity contribution in [1.29, 1.82) is 0 Å². The Morgan fingerprint density at radius 1 is 0.933 bits per heavy atom. The van der Waals surface area contributed by atoms with Crippen LogP contribution in [0.3, 0.4) is 0 Å². The molecule has 2 aromatic rings. The normalized spacial score (nSPS) is 10.9. The van der Waals surface area contributed by atoms with Crippen LogP contribution in [0.1, 0.15) is 43.6 Å². The van der Waals surface area contributed by atoms with Gasteiger partial charge in [-0.1, -0.05) is 30.3 Å². The lowest BCUT2D eigenvalue weighted by Crippen LogP contribution is -2.34. The van der Waals surface area contributed by atoms with Crippen LogP contribution in [0.15, 0.2) is 54.6 Å². The summed E-state index contributed by atoms with van der Waals surface area (Å²) in [6, 6.07) is 15.7. The monoisotopic (exact) mass is 413 g/mol. The molecule has 0 aliphatic rings. The highest BCUT2D eigenvalue weighted by atomic mass is 16.7. The Hall–Kier alpha value is -3.19. The second-order valence-corrected chi connectivity index (χ2v) is 7.64. The first kappa shape index (κ1) is 23.1. The summed E-state index contributed by atoms with van der Waals surface area (Å²) in [5.74, 6) is -0.690. The zero-order valence-electron chi connectivity index (χ0n) is 17.7. The van der Waals surface area contributed by atoms with Crippen LogP contribution in [0.4, 0.5) is 0 Å². The molecule has 0 heterocycles. The minimum absolute atomic E-state index is 0.186. The number of benzene rings is 2. The summed E-state index contributed by atoms with van der Waals surface area (Å²) in [6.45, 7) is 6.42. The third kappa shape index (κ3) is 8.05. The zero-order valence-corrected chi connectivity index (χ0v) is 17.7. The van der Waals surface area contributed by atoms with Gasteiger partial charge in [-0.3, -0.25) is 14.4 Å². The average Bonchev–Trinajstić information content (AvgIpc) is 2.69. The lowest BCUT2D eigenvalue weighted by molar-refractivity contribution is -0.185. The summed E-state index contributed by atoms with van der Waals surface area (Å²) in [7, 11) is 0. The first-order valence-electron chi connectivity index (χ1n) is 9.57. The highest BCUT2D eigenvalue weighted by Gasteiger charge is 2.18. The number of carbonyl (C=O) groups is 3. The molecular weight excluding hydrogens is 386 g/mol. The van der Waals surface area contributed by atoms with Crippen molar-refractivity contribution in [3.05, 3.63) is 65.7 Å². The van der Waals surface area contributed by atoms with E-state index < -0.39 is 11.6 Å². The van der Waals surface area contributed by atoms with Crippen molar-refractivity contribution in [3.8, 4) is 5.75 Å². The maximum atomic E-state index is 12.5. The van der Waals surface area contributed by atoms with E-state index in [0.29, 0.717) is 11.3 Å². The van der Waals surface area contributed by atoms with Gasteiger partial charge in [0.05, 0.1) is 0 Å². The van der Waals surface area contributed by atoms with E-state index in [9.17, 15) is 14.4 Å². The van der Waals surface area contributed by atoms with E-state index in [1.165, 1.54) is 6.92 Å². The molecule has 0 saturated heterocycles. The molecule has 0 unspecified atom stereocenters. The Kier molecular flexibility index (Phi) is 8.12. The zero-order chi connectivity index (χ0) is 22.1. The standard InChI is InChI=1S/C23H27NO6/c1-17(25)24(29-15-18-8-6-5-7-9-18)14-21(26)19-10-12-20(13-11-19)28-16-22(27)30-23(2,3)4/h5-13H,14-16H2,1-4H3. The summed E-state index contributed by atoms with van der Waals surface area (Å²) in [4.78, 5) is 41.5. The molecular formula is C23H27NO6. The minimum Gasteiger partial charge on any atom is -0.482 e. The predicted octanol–water partition coefficient (Wildman–Crippen LogP) is 3.57. The average molecular weight is 413 g/mol. The largest absolute Gasteiger partial charge is 0.482 e. The van der Waals surface area contributed by atoms with Crippen LogP contribution in [-0.4, -0.2) is 41.5 Å². The Balaban J connectivity index is 1.89. The quantitative estimate of drug-likeness (QED) is 0.355. The van der Waals surface area contributed by atoms with Crippen LogP contribution in [0, 0.1) is 0 Å². The number of ketones is 1. The van der Waals surface area contributed by atoms with Crippen molar-refractivity contribution >= 4 is 17.7 Å². The van der Waals surface area contributed by atoms with Crippen LogP contribution in [-0.2, 0) is 25.8 Å². The molecule has 0 aliphatic heterocycles. The van der Waals surface area contributed by atoms with Gasteiger partial charge < -0.3 is 9.47 Å². The number of rotatable bonds is 9. The van der Waals surface area contributed by atoms with Gasteiger partial charge in [-0.15, -0.1) is 0 Å². The number of hydrogen-bond donors (Lipinski definition) is 0. The Bertz CT molecular complexity index is 856.